The molecule has 0 aliphatic heterocycles. The first-order valence-corrected chi connectivity index (χ1v) is 14.7. The van der Waals surface area contributed by atoms with Gasteiger partial charge in [0, 0.05) is 30.9 Å². The van der Waals surface area contributed by atoms with Crippen LogP contribution in [-0.4, -0.2) is 31.3 Å². The molecule has 0 saturated carbocycles. The Morgan fingerprint density at radius 2 is 1.14 bits per heavy atom. The first-order chi connectivity index (χ1) is 19.8. The standard InChI is InChI=1S/C32H35O8P.H3N.2Na.13H2/c1-3-5-7-9-11-13-15-16-17-19-20-22-24-26-31(33)38-28-30(29-39-41(35,36)37)40-32(34)27-25-23-21-18-14-12-10-8-6-4-2;;;;;;;;;;;;;;;;/h30H,4,6,8,10,12,14,18,21,23,25,27-29H2,1-2H3,(H2,35,36,37);1H3;;;13*1H/q;;2*+1;;;;;;;;;;;;;/p-2/t30-;;;;;;;;;;;;;;;;/m0................/s1. The molecule has 3 N–H and O–H groups in total. The summed E-state index contributed by atoms with van der Waals surface area (Å²) in [7, 11) is -5.32. The van der Waals surface area contributed by atoms with E-state index in [1.54, 1.807) is 6.92 Å². The maximum absolute atomic E-state index is 12.1. The van der Waals surface area contributed by atoms with Gasteiger partial charge in [0.25, 0.3) is 0 Å². The molecule has 0 aliphatic carbocycles. The largest absolute Gasteiger partial charge is 1.00 e. The van der Waals surface area contributed by atoms with Gasteiger partial charge in [-0.3, -0.25) is 4.79 Å². The van der Waals surface area contributed by atoms with E-state index in [1.165, 1.54) is 38.5 Å². The monoisotopic (exact) mass is 665 g/mol. The average Bonchev–Trinajstić information content (AvgIpc) is 2.93. The van der Waals surface area contributed by atoms with E-state index >= 15 is 0 Å². The van der Waals surface area contributed by atoms with Gasteiger partial charge in [-0.05, 0) is 84.4 Å². The molecule has 250 valence electrons. The van der Waals surface area contributed by atoms with Crippen molar-refractivity contribution in [3.05, 3.63) is 0 Å². The van der Waals surface area contributed by atoms with Gasteiger partial charge in [0.15, 0.2) is 6.10 Å². The van der Waals surface area contributed by atoms with Crippen molar-refractivity contribution < 1.29 is 116 Å². The van der Waals surface area contributed by atoms with Crippen LogP contribution in [0.4, 0.5) is 0 Å². The SMILES string of the molecule is CC#CC#CC#CC#CC#CC#CC#CC(=O)OC[C@@H](COP(=O)([O-])[O-])OC(=O)CCCCCCCCCCCC.N.[HH].[HH].[HH].[HH].[HH].[HH].[HH].[HH].[HH].[HH].[HH].[HH].[HH].[Na+].[Na+]. The normalized spacial score (nSPS) is 9.00. The summed E-state index contributed by atoms with van der Waals surface area (Å²) in [5, 5.41) is 0. The van der Waals surface area contributed by atoms with Crippen molar-refractivity contribution in [2.24, 2.45) is 0 Å². The Labute approximate surface area is 326 Å². The van der Waals surface area contributed by atoms with Gasteiger partial charge in [0.05, 0.1) is 14.4 Å². The molecule has 0 saturated heterocycles. The summed E-state index contributed by atoms with van der Waals surface area (Å²) in [4.78, 5) is 45.5. The van der Waals surface area contributed by atoms with E-state index in [-0.39, 0.29) is 90.2 Å². The summed E-state index contributed by atoms with van der Waals surface area (Å²) in [6.07, 6.45) is 9.76. The zero-order valence-electron chi connectivity index (χ0n) is 26.2. The molecular formula is C32H62NNa2O8P. The molecule has 0 aliphatic rings. The van der Waals surface area contributed by atoms with Gasteiger partial charge in [0.2, 0.25) is 0 Å². The molecule has 9 nitrogen and oxygen atoms in total. The fourth-order valence-electron chi connectivity index (χ4n) is 2.95. The zero-order chi connectivity index (χ0) is 30.4. The summed E-state index contributed by atoms with van der Waals surface area (Å²) < 4.78 is 25.0. The molecule has 0 unspecified atom stereocenters. The number of hydrogen-bond donors (Lipinski definition) is 1. The van der Waals surface area contributed by atoms with Crippen LogP contribution in [0.5, 0.6) is 0 Å². The predicted octanol–water partition coefficient (Wildman–Crippen LogP) is 0.00940. The Hall–Kier alpha value is -2.07. The Morgan fingerprint density at radius 3 is 1.59 bits per heavy atom. The summed E-state index contributed by atoms with van der Waals surface area (Å²) in [6.45, 7) is 2.50. The van der Waals surface area contributed by atoms with Crippen LogP contribution in [0.25, 0.3) is 0 Å². The molecular weight excluding hydrogens is 603 g/mol. The Balaban J connectivity index is -0.0000000667. The van der Waals surface area contributed by atoms with E-state index in [0.29, 0.717) is 6.42 Å². The van der Waals surface area contributed by atoms with E-state index in [9.17, 15) is 23.9 Å². The van der Waals surface area contributed by atoms with Crippen molar-refractivity contribution in [1.82, 2.24) is 6.15 Å². The van der Waals surface area contributed by atoms with E-state index in [4.69, 9.17) is 9.47 Å². The molecule has 44 heavy (non-hydrogen) atoms. The van der Waals surface area contributed by atoms with Gasteiger partial charge >= 0.3 is 71.1 Å². The molecule has 0 aromatic carbocycles. The molecule has 12 heteroatoms. The summed E-state index contributed by atoms with van der Waals surface area (Å²) in [6, 6.07) is 0. The second-order valence-corrected chi connectivity index (χ2v) is 9.41. The third kappa shape index (κ3) is 38.0. The van der Waals surface area contributed by atoms with E-state index < -0.39 is 39.1 Å². The third-order valence-electron chi connectivity index (χ3n) is 4.83. The number of ether oxygens (including phenoxy) is 2. The number of carbonyl (C=O) groups is 2. The number of unbranched alkanes of at least 4 members (excludes halogenated alkanes) is 9. The van der Waals surface area contributed by atoms with Gasteiger partial charge in [-0.2, -0.15) is 0 Å². The first-order valence-electron chi connectivity index (χ1n) is 13.2. The fourth-order valence-corrected chi connectivity index (χ4v) is 3.30. The van der Waals surface area contributed by atoms with Crippen molar-refractivity contribution in [3.63, 3.8) is 0 Å². The van der Waals surface area contributed by atoms with Crippen LogP contribution >= 0.6 is 7.82 Å². The van der Waals surface area contributed by atoms with Crippen molar-refractivity contribution in [1.29, 1.82) is 0 Å². The van der Waals surface area contributed by atoms with E-state index in [0.717, 1.165) is 19.3 Å². The van der Waals surface area contributed by atoms with Crippen LogP contribution in [0, 0.1) is 82.9 Å². The molecule has 0 fully saturated rings. The second kappa shape index (κ2) is 35.4. The summed E-state index contributed by atoms with van der Waals surface area (Å²) in [5.41, 5.74) is 0. The maximum Gasteiger partial charge on any atom is 1.00 e. The quantitative estimate of drug-likeness (QED) is 0.0564. The van der Waals surface area contributed by atoms with Crippen LogP contribution in [-0.2, 0) is 28.2 Å². The minimum atomic E-state index is -5.32. The van der Waals surface area contributed by atoms with Gasteiger partial charge in [-0.15, -0.1) is 0 Å². The number of phosphoric ester groups is 1. The molecule has 0 amide bonds. The number of phosphoric acid groups is 1. The first kappa shape index (κ1) is 48.8. The average molecular weight is 666 g/mol. The number of rotatable bonds is 17. The summed E-state index contributed by atoms with van der Waals surface area (Å²) in [5.74, 6) is 32.0. The Bertz CT molecular complexity index is 1370. The third-order valence-corrected chi connectivity index (χ3v) is 5.29. The molecule has 0 rings (SSSR count). The maximum atomic E-state index is 12.1. The van der Waals surface area contributed by atoms with Crippen molar-refractivity contribution in [2.75, 3.05) is 13.2 Å². The minimum Gasteiger partial charge on any atom is -0.790 e. The van der Waals surface area contributed by atoms with Gasteiger partial charge in [-0.25, -0.2) is 4.79 Å². The van der Waals surface area contributed by atoms with Gasteiger partial charge < -0.3 is 34.5 Å². The van der Waals surface area contributed by atoms with E-state index in [2.05, 4.69) is 94.3 Å². The smallest absolute Gasteiger partial charge is 0.790 e. The minimum absolute atomic E-state index is 0. The van der Waals surface area contributed by atoms with Crippen molar-refractivity contribution in [2.45, 2.75) is 90.6 Å². The van der Waals surface area contributed by atoms with Gasteiger partial charge in [-0.1, -0.05) is 70.6 Å². The molecule has 0 aromatic heterocycles. The molecule has 1 atom stereocenters. The molecule has 0 aromatic rings. The molecule has 0 heterocycles. The second-order valence-electron chi connectivity index (χ2n) is 8.26. The Kier molecular flexibility index (Phi) is 39.3. The molecule has 0 bridgehead atoms. The van der Waals surface area contributed by atoms with Crippen molar-refractivity contribution >= 4 is 19.8 Å². The predicted molar refractivity (Wildman–Crippen MR) is 183 cm³/mol. The van der Waals surface area contributed by atoms with Crippen LogP contribution in [0.1, 0.15) is 103 Å². The van der Waals surface area contributed by atoms with Crippen LogP contribution in [0.2, 0.25) is 0 Å². The van der Waals surface area contributed by atoms with Gasteiger partial charge in [0.1, 0.15) is 6.61 Å². The van der Waals surface area contributed by atoms with Crippen molar-refractivity contribution in [3.8, 4) is 82.9 Å². The van der Waals surface area contributed by atoms with Crippen LogP contribution < -0.4 is 75.1 Å². The summed E-state index contributed by atoms with van der Waals surface area (Å²) >= 11 is 0. The number of esters is 2. The fraction of sp³-hybridized carbons (Fsp3) is 0.500. The number of hydrogen-bond acceptors (Lipinski definition) is 9. The topological polar surface area (TPSA) is 160 Å². The van der Waals surface area contributed by atoms with Crippen LogP contribution in [0.15, 0.2) is 0 Å². The van der Waals surface area contributed by atoms with E-state index in [1.807, 2.05) is 0 Å². The zero-order valence-corrected chi connectivity index (χ0v) is 31.1. The van der Waals surface area contributed by atoms with Crippen LogP contribution in [0.3, 0.4) is 0 Å². The molecule has 0 radical (unpaired) electrons. The Morgan fingerprint density at radius 1 is 0.705 bits per heavy atom. The molecule has 0 spiro atoms. The number of carbonyl (C=O) groups excluding carboxylic acids is 2.